The Balaban J connectivity index is 1.75. The Labute approximate surface area is 94.4 Å². The molecule has 1 amide bonds. The zero-order valence-electron chi connectivity index (χ0n) is 9.16. The molecule has 0 atom stereocenters. The monoisotopic (exact) mass is 223 g/mol. The first kappa shape index (κ1) is 11.2. The van der Waals surface area contributed by atoms with Crippen LogP contribution in [0.1, 0.15) is 5.56 Å². The fraction of sp³-hybridized carbons (Fsp3) is 0.545. The van der Waals surface area contributed by atoms with Gasteiger partial charge in [0.15, 0.2) is 0 Å². The third-order valence-electron chi connectivity index (χ3n) is 2.99. The van der Waals surface area contributed by atoms with Crippen molar-refractivity contribution in [2.45, 2.75) is 6.42 Å². The topological polar surface area (TPSA) is 80.1 Å². The molecule has 1 aromatic rings. The van der Waals surface area contributed by atoms with Gasteiger partial charge in [-0.25, -0.2) is 0 Å². The lowest BCUT2D eigenvalue weighted by Crippen LogP contribution is -2.58. The van der Waals surface area contributed by atoms with E-state index in [4.69, 9.17) is 10.5 Å². The highest BCUT2D eigenvalue weighted by Crippen LogP contribution is 2.25. The van der Waals surface area contributed by atoms with Crippen molar-refractivity contribution in [2.75, 3.05) is 26.3 Å². The van der Waals surface area contributed by atoms with Gasteiger partial charge in [0.05, 0.1) is 13.2 Å². The molecular formula is C11H17N3O2. The van der Waals surface area contributed by atoms with Gasteiger partial charge in [-0.3, -0.25) is 4.79 Å². The lowest BCUT2D eigenvalue weighted by atomic mass is 9.85. The van der Waals surface area contributed by atoms with Crippen molar-refractivity contribution >= 4 is 5.91 Å². The number of ether oxygens (including phenoxy) is 1. The van der Waals surface area contributed by atoms with Gasteiger partial charge in [0.2, 0.25) is 5.91 Å². The average molecular weight is 223 g/mol. The van der Waals surface area contributed by atoms with Gasteiger partial charge >= 0.3 is 0 Å². The van der Waals surface area contributed by atoms with E-state index >= 15 is 0 Å². The van der Waals surface area contributed by atoms with Crippen LogP contribution in [0.25, 0.3) is 0 Å². The molecule has 2 rings (SSSR count). The van der Waals surface area contributed by atoms with Crippen LogP contribution in [0.15, 0.2) is 18.5 Å². The van der Waals surface area contributed by atoms with E-state index in [0.29, 0.717) is 26.3 Å². The van der Waals surface area contributed by atoms with E-state index in [1.165, 1.54) is 5.56 Å². The van der Waals surface area contributed by atoms with E-state index < -0.39 is 5.41 Å². The predicted octanol–water partition coefficient (Wildman–Crippen LogP) is -0.351. The van der Waals surface area contributed by atoms with Crippen molar-refractivity contribution in [2.24, 2.45) is 11.1 Å². The van der Waals surface area contributed by atoms with Gasteiger partial charge in [-0.15, -0.1) is 0 Å². The fourth-order valence-corrected chi connectivity index (χ4v) is 1.71. The average Bonchev–Trinajstić information content (AvgIpc) is 2.70. The van der Waals surface area contributed by atoms with Crippen molar-refractivity contribution < 1.29 is 9.53 Å². The molecule has 1 aliphatic heterocycles. The van der Waals surface area contributed by atoms with Gasteiger partial charge in [0, 0.05) is 25.5 Å². The van der Waals surface area contributed by atoms with Crippen LogP contribution in [0.4, 0.5) is 0 Å². The summed E-state index contributed by atoms with van der Waals surface area (Å²) in [6.07, 6.45) is 4.63. The van der Waals surface area contributed by atoms with Crippen LogP contribution in [0, 0.1) is 5.41 Å². The number of rotatable bonds is 5. The molecule has 5 nitrogen and oxygen atoms in total. The zero-order chi connectivity index (χ0) is 11.4. The zero-order valence-corrected chi connectivity index (χ0v) is 9.16. The van der Waals surface area contributed by atoms with Crippen molar-refractivity contribution in [3.05, 3.63) is 24.0 Å². The number of H-pyrrole nitrogens is 1. The van der Waals surface area contributed by atoms with Gasteiger partial charge in [0.25, 0.3) is 0 Å². The van der Waals surface area contributed by atoms with Crippen molar-refractivity contribution in [3.8, 4) is 0 Å². The normalized spacial score (nSPS) is 17.8. The summed E-state index contributed by atoms with van der Waals surface area (Å²) < 4.78 is 5.06. The number of hydrogen-bond donors (Lipinski definition) is 3. The van der Waals surface area contributed by atoms with Gasteiger partial charge < -0.3 is 20.8 Å². The Morgan fingerprint density at radius 1 is 1.62 bits per heavy atom. The van der Waals surface area contributed by atoms with Crippen LogP contribution in [-0.4, -0.2) is 37.2 Å². The second kappa shape index (κ2) is 4.67. The maximum Gasteiger partial charge on any atom is 0.232 e. The third-order valence-corrected chi connectivity index (χ3v) is 2.99. The molecule has 0 aromatic carbocycles. The van der Waals surface area contributed by atoms with Crippen molar-refractivity contribution in [1.29, 1.82) is 0 Å². The minimum atomic E-state index is -0.474. The molecule has 1 fully saturated rings. The predicted molar refractivity (Wildman–Crippen MR) is 59.8 cm³/mol. The summed E-state index contributed by atoms with van der Waals surface area (Å²) in [7, 11) is 0. The first-order valence-electron chi connectivity index (χ1n) is 5.45. The van der Waals surface area contributed by atoms with Crippen LogP contribution in [-0.2, 0) is 16.0 Å². The number of carbonyl (C=O) groups excluding carboxylic acids is 1. The van der Waals surface area contributed by atoms with Gasteiger partial charge in [-0.05, 0) is 18.1 Å². The minimum Gasteiger partial charge on any atom is -0.379 e. The Kier molecular flexibility index (Phi) is 3.26. The smallest absolute Gasteiger partial charge is 0.232 e. The summed E-state index contributed by atoms with van der Waals surface area (Å²) in [5, 5.41) is 2.90. The molecule has 4 N–H and O–H groups in total. The van der Waals surface area contributed by atoms with E-state index in [1.54, 1.807) is 0 Å². The number of aromatic nitrogens is 1. The maximum absolute atomic E-state index is 11.8. The van der Waals surface area contributed by atoms with Crippen LogP contribution in [0.5, 0.6) is 0 Å². The maximum atomic E-state index is 11.8. The number of carbonyl (C=O) groups is 1. The van der Waals surface area contributed by atoms with Gasteiger partial charge in [-0.1, -0.05) is 0 Å². The van der Waals surface area contributed by atoms with E-state index in [2.05, 4.69) is 10.3 Å². The highest BCUT2D eigenvalue weighted by molar-refractivity contribution is 5.84. The Bertz CT molecular complexity index is 339. The molecule has 0 unspecified atom stereocenters. The molecule has 1 aliphatic rings. The lowest BCUT2D eigenvalue weighted by Gasteiger charge is -2.38. The molecule has 0 aliphatic carbocycles. The summed E-state index contributed by atoms with van der Waals surface area (Å²) >= 11 is 0. The summed E-state index contributed by atoms with van der Waals surface area (Å²) in [6.45, 7) is 1.88. The molecular weight excluding hydrogens is 206 g/mol. The summed E-state index contributed by atoms with van der Waals surface area (Å²) in [5.74, 6) is 0.0109. The lowest BCUT2D eigenvalue weighted by molar-refractivity contribution is -0.159. The molecule has 88 valence electrons. The van der Waals surface area contributed by atoms with E-state index in [1.807, 2.05) is 18.5 Å². The van der Waals surface area contributed by atoms with Gasteiger partial charge in [0.1, 0.15) is 5.41 Å². The molecule has 1 saturated heterocycles. The quantitative estimate of drug-likeness (QED) is 0.638. The van der Waals surface area contributed by atoms with Crippen molar-refractivity contribution in [3.63, 3.8) is 0 Å². The molecule has 0 spiro atoms. The van der Waals surface area contributed by atoms with Crippen LogP contribution in [0.2, 0.25) is 0 Å². The minimum absolute atomic E-state index is 0.0109. The third kappa shape index (κ3) is 2.10. The Hall–Kier alpha value is -1.33. The molecule has 16 heavy (non-hydrogen) atoms. The van der Waals surface area contributed by atoms with E-state index in [0.717, 1.165) is 6.42 Å². The second-order valence-electron chi connectivity index (χ2n) is 4.20. The number of nitrogens with two attached hydrogens (primary N) is 1. The summed E-state index contributed by atoms with van der Waals surface area (Å²) in [6, 6.07) is 2.00. The number of hydrogen-bond acceptors (Lipinski definition) is 3. The molecule has 5 heteroatoms. The first-order chi connectivity index (χ1) is 7.77. The van der Waals surface area contributed by atoms with Crippen molar-refractivity contribution in [1.82, 2.24) is 10.3 Å². The van der Waals surface area contributed by atoms with E-state index in [9.17, 15) is 4.79 Å². The Morgan fingerprint density at radius 2 is 2.44 bits per heavy atom. The highest BCUT2D eigenvalue weighted by atomic mass is 16.5. The molecule has 2 heterocycles. The number of amides is 1. The van der Waals surface area contributed by atoms with Gasteiger partial charge in [-0.2, -0.15) is 0 Å². The fourth-order valence-electron chi connectivity index (χ4n) is 1.71. The number of aromatic amines is 1. The SMILES string of the molecule is NCC1(C(=O)NCCc2cc[nH]c2)COC1. The van der Waals surface area contributed by atoms with Crippen LogP contribution in [0.3, 0.4) is 0 Å². The number of nitrogens with one attached hydrogen (secondary N) is 2. The van der Waals surface area contributed by atoms with Crippen LogP contribution < -0.4 is 11.1 Å². The molecule has 0 radical (unpaired) electrons. The van der Waals surface area contributed by atoms with E-state index in [-0.39, 0.29) is 5.91 Å². The largest absolute Gasteiger partial charge is 0.379 e. The van der Waals surface area contributed by atoms with Crippen LogP contribution >= 0.6 is 0 Å². The molecule has 0 bridgehead atoms. The molecule has 0 saturated carbocycles. The first-order valence-corrected chi connectivity index (χ1v) is 5.45. The summed E-state index contributed by atoms with van der Waals surface area (Å²) in [5.41, 5.74) is 6.30. The standard InChI is InChI=1S/C11H17N3O2/c12-6-11(7-16-8-11)10(15)14-4-2-9-1-3-13-5-9/h1,3,5,13H,2,4,6-8,12H2,(H,14,15). The second-order valence-corrected chi connectivity index (χ2v) is 4.20. The highest BCUT2D eigenvalue weighted by Gasteiger charge is 2.44. The summed E-state index contributed by atoms with van der Waals surface area (Å²) in [4.78, 5) is 14.8. The Morgan fingerprint density at radius 3 is 2.94 bits per heavy atom. The molecule has 1 aromatic heterocycles.